The maximum absolute atomic E-state index is 10.2. The van der Waals surface area contributed by atoms with Crippen LogP contribution in [-0.2, 0) is 4.79 Å². The van der Waals surface area contributed by atoms with Crippen LogP contribution in [-0.4, -0.2) is 12.9 Å². The van der Waals surface area contributed by atoms with Gasteiger partial charge in [-0.2, -0.15) is 0 Å². The van der Waals surface area contributed by atoms with Gasteiger partial charge in [-0.1, -0.05) is 13.8 Å². The monoisotopic (exact) mass is 107 g/mol. The van der Waals surface area contributed by atoms with Gasteiger partial charge < -0.3 is 5.31 Å². The third-order valence-corrected chi connectivity index (χ3v) is 0.425. The Morgan fingerprint density at radius 1 is 2.29 bits per heavy atom. The highest BCUT2D eigenvalue weighted by atomic mass is 16.1. The molecule has 0 saturated heterocycles. The smallest absolute Gasteiger partial charge is 0.207 e. The van der Waals surface area contributed by atoms with E-state index in [1.165, 1.54) is 0 Å². The fourth-order valence-corrected chi connectivity index (χ4v) is 0.180. The Morgan fingerprint density at radius 3 is 3.00 bits per heavy atom. The maximum atomic E-state index is 10.2. The van der Waals surface area contributed by atoms with Crippen LogP contribution >= 0.6 is 0 Å². The molecule has 0 aliphatic rings. The molecule has 1 N–H and O–H groups in total. The van der Waals surface area contributed by atoms with Crippen LogP contribution in [0.2, 0.25) is 1.41 Å². The molecule has 0 fully saturated rings. The van der Waals surface area contributed by atoms with Crippen LogP contribution in [0.15, 0.2) is 0 Å². The Labute approximate surface area is 48.2 Å². The molecule has 0 aliphatic heterocycles. The fraction of sp³-hybridized carbons (Fsp3) is 0.800. The molecule has 1 unspecified atom stereocenters. The summed E-state index contributed by atoms with van der Waals surface area (Å²) in [6, 6.07) is 0. The third-order valence-electron chi connectivity index (χ3n) is 0.425. The molecule has 2 heteroatoms. The Kier molecular flexibility index (Phi) is 1.41. The Bertz CT molecular complexity index is 128. The highest BCUT2D eigenvalue weighted by molar-refractivity contribution is 5.45. The first-order chi connectivity index (χ1) is 4.46. The van der Waals surface area contributed by atoms with Crippen LogP contribution in [0.5, 0.6) is 0 Å². The van der Waals surface area contributed by atoms with Crippen molar-refractivity contribution in [1.82, 2.24) is 5.31 Å². The molecule has 2 nitrogen and oxygen atoms in total. The lowest BCUT2D eigenvalue weighted by molar-refractivity contribution is -0.109. The molecule has 0 spiro atoms. The van der Waals surface area contributed by atoms with Crippen molar-refractivity contribution in [2.75, 3.05) is 6.52 Å². The molecule has 0 radical (unpaired) electrons. The number of carbonyl (C=O) groups excluding carboxylic acids is 1. The molecule has 42 valence electrons. The van der Waals surface area contributed by atoms with Gasteiger partial charge in [-0.15, -0.1) is 0 Å². The highest BCUT2D eigenvalue weighted by Gasteiger charge is 1.86. The van der Waals surface area contributed by atoms with Gasteiger partial charge in [0.2, 0.25) is 6.39 Å². The Balaban J connectivity index is 3.94. The molecule has 0 aromatic heterocycles. The van der Waals surface area contributed by atoms with Crippen molar-refractivity contribution in [2.45, 2.75) is 13.8 Å². The van der Waals surface area contributed by atoms with E-state index in [0.717, 1.165) is 0 Å². The summed E-state index contributed by atoms with van der Waals surface area (Å²) in [4.78, 5) is 10.2. The lowest BCUT2D eigenvalue weighted by atomic mass is 10.2. The zero-order valence-corrected chi connectivity index (χ0v) is 4.51. The summed E-state index contributed by atoms with van der Waals surface area (Å²) < 4.78 is 20.5. The van der Waals surface area contributed by atoms with Gasteiger partial charge in [0.1, 0.15) is 1.37 Å². The van der Waals surface area contributed by atoms with Gasteiger partial charge in [0, 0.05) is 7.89 Å². The largest absolute Gasteiger partial charge is 0.358 e. The first-order valence-electron chi connectivity index (χ1n) is 3.70. The van der Waals surface area contributed by atoms with Crippen molar-refractivity contribution >= 4 is 6.39 Å². The molecule has 1 amide bonds. The third kappa shape index (κ3) is 5.47. The molecular weight excluding hydrogens is 90.1 g/mol. The quantitative estimate of drug-likeness (QED) is 0.508. The number of amides is 1. The van der Waals surface area contributed by atoms with Crippen LogP contribution in [0.25, 0.3) is 0 Å². The summed E-state index contributed by atoms with van der Waals surface area (Å²) in [7, 11) is 0. The second kappa shape index (κ2) is 3.65. The number of hydrogen-bond acceptors (Lipinski definition) is 1. The zero-order valence-electron chi connectivity index (χ0n) is 7.51. The fourth-order valence-electron chi connectivity index (χ4n) is 0.180. The molecule has 0 aromatic carbocycles. The summed E-state index contributed by atoms with van der Waals surface area (Å²) in [6.45, 7) is 2.52. The van der Waals surface area contributed by atoms with Gasteiger partial charge in [0.15, 0.2) is 1.41 Å². The van der Waals surface area contributed by atoms with E-state index in [4.69, 9.17) is 4.15 Å². The van der Waals surface area contributed by atoms with E-state index in [2.05, 4.69) is 0 Å². The standard InChI is InChI=1S/C5H11NO/c1-5(2)3-6-4-7/h4-5H,3H2,1-2H3,(H,6,7)/i3T,4T/hT. The molecule has 0 aliphatic carbocycles. The van der Waals surface area contributed by atoms with E-state index in [1.807, 2.05) is 0 Å². The van der Waals surface area contributed by atoms with E-state index in [9.17, 15) is 4.79 Å². The molecule has 0 bridgehead atoms. The number of hydrogen-bond donors (Lipinski definition) is 1. The SMILES string of the molecule is [3H]C(=O)N([3H])C([3H])C(C)C. The van der Waals surface area contributed by atoms with Crippen molar-refractivity contribution in [1.29, 1.82) is 0 Å². The van der Waals surface area contributed by atoms with Crippen molar-refractivity contribution in [2.24, 2.45) is 5.92 Å². The molecular formula is C5H11NO. The van der Waals surface area contributed by atoms with Crippen LogP contribution in [0.1, 0.15) is 16.6 Å². The van der Waals surface area contributed by atoms with E-state index < -0.39 is 12.9 Å². The van der Waals surface area contributed by atoms with Crippen molar-refractivity contribution in [3.05, 3.63) is 0 Å². The molecule has 0 aromatic rings. The molecule has 0 rings (SSSR count). The molecule has 0 saturated carbocycles. The Morgan fingerprint density at radius 2 is 2.86 bits per heavy atom. The van der Waals surface area contributed by atoms with Crippen LogP contribution in [0.4, 0.5) is 0 Å². The predicted octanol–water partition coefficient (Wildman–Crippen LogP) is 0.388. The minimum absolute atomic E-state index is 0.105. The zero-order chi connectivity index (χ0) is 8.31. The summed E-state index contributed by atoms with van der Waals surface area (Å²) >= 11 is 0. The first kappa shape index (κ1) is 2.70. The van der Waals surface area contributed by atoms with Crippen molar-refractivity contribution in [3.63, 3.8) is 0 Å². The van der Waals surface area contributed by atoms with Gasteiger partial charge >= 0.3 is 0 Å². The van der Waals surface area contributed by atoms with Gasteiger partial charge in [-0.3, -0.25) is 4.79 Å². The number of rotatable bonds is 2. The second-order valence-electron chi connectivity index (χ2n) is 1.61. The van der Waals surface area contributed by atoms with Gasteiger partial charge in [-0.05, 0) is 5.92 Å². The summed E-state index contributed by atoms with van der Waals surface area (Å²) in [5.74, 6) is -0.105. The molecule has 0 heterocycles. The first-order valence-corrected chi connectivity index (χ1v) is 2.17. The van der Waals surface area contributed by atoms with Crippen molar-refractivity contribution in [3.8, 4) is 0 Å². The molecule has 7 heavy (non-hydrogen) atoms. The lowest BCUT2D eigenvalue weighted by Gasteiger charge is -1.98. The van der Waals surface area contributed by atoms with Crippen LogP contribution in [0, 0.1) is 5.92 Å². The predicted molar refractivity (Wildman–Crippen MR) is 28.9 cm³/mol. The maximum Gasteiger partial charge on any atom is 0.207 e. The van der Waals surface area contributed by atoms with Crippen LogP contribution < -0.4 is 5.31 Å². The average Bonchev–Trinajstić information content (AvgIpc) is 1.84. The molecule has 1 atom stereocenters. The van der Waals surface area contributed by atoms with Gasteiger partial charge in [0.05, 0.1) is 0 Å². The average molecular weight is 107 g/mol. The topological polar surface area (TPSA) is 29.1 Å². The normalized spacial score (nSPS) is 19.6. The summed E-state index contributed by atoms with van der Waals surface area (Å²) in [6.07, 6.45) is -1.13. The van der Waals surface area contributed by atoms with Crippen LogP contribution in [0.3, 0.4) is 0 Å². The summed E-state index contributed by atoms with van der Waals surface area (Å²) in [5, 5.41) is 0.352. The van der Waals surface area contributed by atoms with E-state index in [-0.39, 0.29) is 5.92 Å². The van der Waals surface area contributed by atoms with Crippen molar-refractivity contribution < 1.29 is 8.95 Å². The van der Waals surface area contributed by atoms with E-state index >= 15 is 0 Å². The lowest BCUT2D eigenvalue weighted by Crippen LogP contribution is -2.16. The van der Waals surface area contributed by atoms with Gasteiger partial charge in [-0.25, -0.2) is 0 Å². The second-order valence-corrected chi connectivity index (χ2v) is 1.61. The minimum atomic E-state index is -1.13. The van der Waals surface area contributed by atoms with E-state index in [1.54, 1.807) is 13.8 Å². The summed E-state index contributed by atoms with van der Waals surface area (Å²) in [5.41, 5.74) is 0. The van der Waals surface area contributed by atoms with Gasteiger partial charge in [0.25, 0.3) is 0 Å². The highest BCUT2D eigenvalue weighted by Crippen LogP contribution is 1.84. The van der Waals surface area contributed by atoms with E-state index in [0.29, 0.717) is 5.31 Å². The number of carbonyl (C=O) groups is 1. The number of nitrogens with one attached hydrogen (secondary N) is 1. The Hall–Kier alpha value is -0.530. The minimum Gasteiger partial charge on any atom is -0.358 e.